The molecule has 1 unspecified atom stereocenters. The highest BCUT2D eigenvalue weighted by Gasteiger charge is 2.24. The fraction of sp³-hybridized carbons (Fsp3) is 0.400. The van der Waals surface area contributed by atoms with Gasteiger partial charge in [-0.1, -0.05) is 24.3 Å². The molecule has 1 aromatic carbocycles. The number of hydrogen-bond donors (Lipinski definition) is 0. The smallest absolute Gasteiger partial charge is 0.272 e. The summed E-state index contributed by atoms with van der Waals surface area (Å²) in [5, 5.41) is 0. The van der Waals surface area contributed by atoms with Crippen LogP contribution in [-0.4, -0.2) is 56.6 Å². The number of hydrogen-bond acceptors (Lipinski definition) is 4. The molecule has 5 heteroatoms. The van der Waals surface area contributed by atoms with Gasteiger partial charge in [-0.3, -0.25) is 4.79 Å². The molecule has 2 aromatic rings. The zero-order valence-corrected chi connectivity index (χ0v) is 15.2. The molecular weight excluding hydrogens is 312 g/mol. The van der Waals surface area contributed by atoms with Gasteiger partial charge in [-0.15, -0.1) is 0 Å². The van der Waals surface area contributed by atoms with Gasteiger partial charge in [-0.2, -0.15) is 0 Å². The number of carbonyl (C=O) groups excluding carboxylic acids is 1. The van der Waals surface area contributed by atoms with Crippen molar-refractivity contribution in [3.05, 3.63) is 54.2 Å². The van der Waals surface area contributed by atoms with Crippen LogP contribution < -0.4 is 9.80 Å². The molecule has 0 radical (unpaired) electrons. The van der Waals surface area contributed by atoms with Crippen LogP contribution in [0.5, 0.6) is 0 Å². The van der Waals surface area contributed by atoms with Crippen molar-refractivity contribution in [1.82, 2.24) is 9.88 Å². The molecule has 1 atom stereocenters. The summed E-state index contributed by atoms with van der Waals surface area (Å²) < 4.78 is 0. The summed E-state index contributed by atoms with van der Waals surface area (Å²) in [5.41, 5.74) is 1.79. The minimum atomic E-state index is -0.0635. The second-order valence-corrected chi connectivity index (χ2v) is 6.90. The first kappa shape index (κ1) is 17.3. The van der Waals surface area contributed by atoms with Crippen LogP contribution in [0.15, 0.2) is 48.5 Å². The SMILES string of the molecule is CN(C)C(=O)c1cccc(N(C)CC2CCN(c3ccccc3)C2)n1. The van der Waals surface area contributed by atoms with Crippen LogP contribution >= 0.6 is 0 Å². The average Bonchev–Trinajstić information content (AvgIpc) is 3.10. The van der Waals surface area contributed by atoms with E-state index in [9.17, 15) is 4.79 Å². The molecule has 1 fully saturated rings. The lowest BCUT2D eigenvalue weighted by atomic mass is 10.1. The molecule has 1 saturated heterocycles. The number of pyridine rings is 1. The number of anilines is 2. The molecule has 5 nitrogen and oxygen atoms in total. The summed E-state index contributed by atoms with van der Waals surface area (Å²) >= 11 is 0. The Morgan fingerprint density at radius 3 is 2.60 bits per heavy atom. The Hall–Kier alpha value is -2.56. The molecule has 2 heterocycles. The Labute approximate surface area is 149 Å². The van der Waals surface area contributed by atoms with Gasteiger partial charge in [0.05, 0.1) is 0 Å². The monoisotopic (exact) mass is 338 g/mol. The maximum absolute atomic E-state index is 12.1. The van der Waals surface area contributed by atoms with Crippen molar-refractivity contribution < 1.29 is 4.79 Å². The number of amides is 1. The van der Waals surface area contributed by atoms with E-state index in [1.165, 1.54) is 12.1 Å². The third kappa shape index (κ3) is 4.10. The molecule has 1 aliphatic rings. The summed E-state index contributed by atoms with van der Waals surface area (Å²) in [6.45, 7) is 3.09. The molecule has 25 heavy (non-hydrogen) atoms. The van der Waals surface area contributed by atoms with Crippen LogP contribution in [0, 0.1) is 5.92 Å². The van der Waals surface area contributed by atoms with Gasteiger partial charge in [0.15, 0.2) is 0 Å². The second-order valence-electron chi connectivity index (χ2n) is 6.90. The minimum Gasteiger partial charge on any atom is -0.371 e. The first-order valence-electron chi connectivity index (χ1n) is 8.74. The lowest BCUT2D eigenvalue weighted by Gasteiger charge is -2.24. The third-order valence-electron chi connectivity index (χ3n) is 4.69. The van der Waals surface area contributed by atoms with E-state index >= 15 is 0 Å². The Morgan fingerprint density at radius 2 is 1.88 bits per heavy atom. The van der Waals surface area contributed by atoms with Crippen LogP contribution in [0.3, 0.4) is 0 Å². The van der Waals surface area contributed by atoms with E-state index in [4.69, 9.17) is 0 Å². The predicted octanol–water partition coefficient (Wildman–Crippen LogP) is 2.75. The van der Waals surface area contributed by atoms with Crippen LogP contribution in [-0.2, 0) is 0 Å². The highest BCUT2D eigenvalue weighted by atomic mass is 16.2. The quantitative estimate of drug-likeness (QED) is 0.840. The summed E-state index contributed by atoms with van der Waals surface area (Å²) in [4.78, 5) is 22.8. The zero-order valence-electron chi connectivity index (χ0n) is 15.2. The number of para-hydroxylation sites is 1. The lowest BCUT2D eigenvalue weighted by Crippen LogP contribution is -2.29. The van der Waals surface area contributed by atoms with Gasteiger partial charge in [0.25, 0.3) is 5.91 Å². The number of benzene rings is 1. The number of rotatable bonds is 5. The van der Waals surface area contributed by atoms with Crippen LogP contribution in [0.2, 0.25) is 0 Å². The van der Waals surface area contributed by atoms with E-state index in [1.807, 2.05) is 12.1 Å². The van der Waals surface area contributed by atoms with E-state index in [-0.39, 0.29) is 5.91 Å². The summed E-state index contributed by atoms with van der Waals surface area (Å²) in [7, 11) is 5.55. The molecule has 0 N–H and O–H groups in total. The standard InChI is InChI=1S/C20H26N4O/c1-22(2)20(25)18-10-7-11-19(21-18)23(3)14-16-12-13-24(15-16)17-8-5-4-6-9-17/h4-11,16H,12-15H2,1-3H3. The van der Waals surface area contributed by atoms with Gasteiger partial charge in [0.2, 0.25) is 0 Å². The van der Waals surface area contributed by atoms with Crippen molar-refractivity contribution in [2.75, 3.05) is 50.6 Å². The average molecular weight is 338 g/mol. The van der Waals surface area contributed by atoms with Crippen molar-refractivity contribution in [3.63, 3.8) is 0 Å². The molecule has 3 rings (SSSR count). The molecule has 1 aliphatic heterocycles. The Morgan fingerprint density at radius 1 is 1.12 bits per heavy atom. The maximum atomic E-state index is 12.1. The van der Waals surface area contributed by atoms with Crippen molar-refractivity contribution in [3.8, 4) is 0 Å². The lowest BCUT2D eigenvalue weighted by molar-refractivity contribution is 0.0822. The molecule has 0 spiro atoms. The summed E-state index contributed by atoms with van der Waals surface area (Å²) in [5.74, 6) is 1.39. The number of aromatic nitrogens is 1. The molecule has 132 valence electrons. The molecule has 1 amide bonds. The van der Waals surface area contributed by atoms with Crippen LogP contribution in [0.25, 0.3) is 0 Å². The van der Waals surface area contributed by atoms with Gasteiger partial charge < -0.3 is 14.7 Å². The molecule has 0 saturated carbocycles. The van der Waals surface area contributed by atoms with Gasteiger partial charge in [0, 0.05) is 46.5 Å². The Kier molecular flexibility index (Phi) is 5.22. The summed E-state index contributed by atoms with van der Waals surface area (Å²) in [6, 6.07) is 16.2. The highest BCUT2D eigenvalue weighted by Crippen LogP contribution is 2.25. The zero-order chi connectivity index (χ0) is 17.8. The molecule has 0 bridgehead atoms. The Balaban J connectivity index is 1.62. The van der Waals surface area contributed by atoms with Gasteiger partial charge in [-0.05, 0) is 36.6 Å². The second kappa shape index (κ2) is 7.55. The largest absolute Gasteiger partial charge is 0.371 e. The van der Waals surface area contributed by atoms with Crippen molar-refractivity contribution in [1.29, 1.82) is 0 Å². The first-order chi connectivity index (χ1) is 12.0. The van der Waals surface area contributed by atoms with E-state index in [1.54, 1.807) is 25.1 Å². The highest BCUT2D eigenvalue weighted by molar-refractivity contribution is 5.92. The molecule has 0 aliphatic carbocycles. The number of carbonyl (C=O) groups is 1. The third-order valence-corrected chi connectivity index (χ3v) is 4.69. The van der Waals surface area contributed by atoms with Gasteiger partial charge in [-0.25, -0.2) is 4.98 Å². The normalized spacial score (nSPS) is 16.8. The topological polar surface area (TPSA) is 39.7 Å². The van der Waals surface area contributed by atoms with Crippen molar-refractivity contribution in [2.24, 2.45) is 5.92 Å². The van der Waals surface area contributed by atoms with Crippen LogP contribution in [0.4, 0.5) is 11.5 Å². The first-order valence-corrected chi connectivity index (χ1v) is 8.74. The predicted molar refractivity (Wildman–Crippen MR) is 102 cm³/mol. The number of nitrogens with zero attached hydrogens (tertiary/aromatic N) is 4. The van der Waals surface area contributed by atoms with Crippen molar-refractivity contribution >= 4 is 17.4 Å². The Bertz CT molecular complexity index is 717. The fourth-order valence-corrected chi connectivity index (χ4v) is 3.32. The minimum absolute atomic E-state index is 0.0635. The van der Waals surface area contributed by atoms with E-state index in [2.05, 4.69) is 52.2 Å². The van der Waals surface area contributed by atoms with Crippen LogP contribution in [0.1, 0.15) is 16.9 Å². The van der Waals surface area contributed by atoms with E-state index < -0.39 is 0 Å². The summed E-state index contributed by atoms with van der Waals surface area (Å²) in [6.07, 6.45) is 1.18. The van der Waals surface area contributed by atoms with Gasteiger partial charge >= 0.3 is 0 Å². The van der Waals surface area contributed by atoms with Gasteiger partial charge in [0.1, 0.15) is 11.5 Å². The fourth-order valence-electron chi connectivity index (χ4n) is 3.32. The van der Waals surface area contributed by atoms with Crippen molar-refractivity contribution in [2.45, 2.75) is 6.42 Å². The van der Waals surface area contributed by atoms with E-state index in [0.717, 1.165) is 25.5 Å². The van der Waals surface area contributed by atoms with E-state index in [0.29, 0.717) is 11.6 Å². The maximum Gasteiger partial charge on any atom is 0.272 e. The molecule has 1 aromatic heterocycles. The molecular formula is C20H26N4O.